The molecule has 1 aromatic heterocycles. The van der Waals surface area contributed by atoms with E-state index in [9.17, 15) is 9.90 Å². The van der Waals surface area contributed by atoms with Crippen LogP contribution in [0.5, 0.6) is 0 Å². The molecule has 0 spiro atoms. The lowest BCUT2D eigenvalue weighted by Gasteiger charge is -2.08. The monoisotopic (exact) mass is 260 g/mol. The van der Waals surface area contributed by atoms with Crippen molar-refractivity contribution in [2.24, 2.45) is 5.73 Å². The molecule has 0 saturated carbocycles. The van der Waals surface area contributed by atoms with Crippen LogP contribution in [0.4, 0.5) is 0 Å². The topological polar surface area (TPSA) is 68.2 Å². The summed E-state index contributed by atoms with van der Waals surface area (Å²) in [5.41, 5.74) is 8.81. The molecule has 4 heteroatoms. The van der Waals surface area contributed by atoms with Gasteiger partial charge in [-0.25, -0.2) is 4.79 Å². The Hall–Kier alpha value is -1.81. The van der Waals surface area contributed by atoms with E-state index in [0.29, 0.717) is 12.1 Å². The zero-order chi connectivity index (χ0) is 14.0. The minimum Gasteiger partial charge on any atom is -0.478 e. The summed E-state index contributed by atoms with van der Waals surface area (Å²) < 4.78 is 2.05. The Kier molecular flexibility index (Phi) is 3.90. The van der Waals surface area contributed by atoms with E-state index in [1.165, 1.54) is 0 Å². The Morgan fingerprint density at radius 2 is 2.16 bits per heavy atom. The predicted octanol–water partition coefficient (Wildman–Crippen LogP) is 2.56. The van der Waals surface area contributed by atoms with Crippen LogP contribution in [0, 0.1) is 6.92 Å². The molecule has 4 nitrogen and oxygen atoms in total. The zero-order valence-corrected chi connectivity index (χ0v) is 11.4. The number of aryl methyl sites for hydroxylation is 2. The Morgan fingerprint density at radius 1 is 1.42 bits per heavy atom. The highest BCUT2D eigenvalue weighted by molar-refractivity contribution is 6.04. The molecule has 0 radical (unpaired) electrons. The van der Waals surface area contributed by atoms with Gasteiger partial charge in [-0.15, -0.1) is 0 Å². The number of nitrogens with zero attached hydrogens (tertiary/aromatic N) is 1. The number of rotatable bonds is 5. The van der Waals surface area contributed by atoms with Crippen molar-refractivity contribution in [3.05, 3.63) is 35.0 Å². The normalized spacial score (nSPS) is 11.1. The van der Waals surface area contributed by atoms with E-state index < -0.39 is 5.97 Å². The maximum absolute atomic E-state index is 11.5. The molecule has 1 aromatic carbocycles. The van der Waals surface area contributed by atoms with Gasteiger partial charge in [0, 0.05) is 18.1 Å². The summed E-state index contributed by atoms with van der Waals surface area (Å²) in [5, 5.41) is 10.5. The molecule has 0 saturated heterocycles. The average molecular weight is 260 g/mol. The standard InChI is InChI=1S/C15H20N2O2/c1-3-8-17-9-11(6-7-16)12-5-4-10(2)13(14(12)17)15(18)19/h4-5,9H,3,6-8,16H2,1-2H3,(H,18,19). The molecule has 2 rings (SSSR count). The van der Waals surface area contributed by atoms with Crippen LogP contribution in [0.2, 0.25) is 0 Å². The van der Waals surface area contributed by atoms with Gasteiger partial charge < -0.3 is 15.4 Å². The first-order valence-corrected chi connectivity index (χ1v) is 6.64. The van der Waals surface area contributed by atoms with Crippen LogP contribution in [0.1, 0.15) is 34.8 Å². The van der Waals surface area contributed by atoms with Crippen LogP contribution in [0.3, 0.4) is 0 Å². The maximum atomic E-state index is 11.5. The van der Waals surface area contributed by atoms with Gasteiger partial charge >= 0.3 is 5.97 Å². The number of hydrogen-bond donors (Lipinski definition) is 2. The molecule has 3 N–H and O–H groups in total. The number of carbonyl (C=O) groups is 1. The van der Waals surface area contributed by atoms with Crippen molar-refractivity contribution in [3.8, 4) is 0 Å². The molecule has 102 valence electrons. The van der Waals surface area contributed by atoms with Crippen LogP contribution in [0.25, 0.3) is 10.9 Å². The van der Waals surface area contributed by atoms with Crippen LogP contribution >= 0.6 is 0 Å². The van der Waals surface area contributed by atoms with Gasteiger partial charge in [0.05, 0.1) is 11.1 Å². The fourth-order valence-corrected chi connectivity index (χ4v) is 2.61. The SMILES string of the molecule is CCCn1cc(CCN)c2ccc(C)c(C(=O)O)c21. The van der Waals surface area contributed by atoms with Gasteiger partial charge in [-0.1, -0.05) is 19.1 Å². The summed E-state index contributed by atoms with van der Waals surface area (Å²) in [6, 6.07) is 3.89. The molecule has 0 fully saturated rings. The van der Waals surface area contributed by atoms with E-state index in [1.54, 1.807) is 0 Å². The second-order valence-electron chi connectivity index (χ2n) is 4.85. The van der Waals surface area contributed by atoms with Crippen LogP contribution < -0.4 is 5.73 Å². The van der Waals surface area contributed by atoms with Crippen LogP contribution in [-0.4, -0.2) is 22.2 Å². The van der Waals surface area contributed by atoms with Gasteiger partial charge in [0.25, 0.3) is 0 Å². The molecular formula is C15H20N2O2. The van der Waals surface area contributed by atoms with Crippen LogP contribution in [-0.2, 0) is 13.0 Å². The number of hydrogen-bond acceptors (Lipinski definition) is 2. The van der Waals surface area contributed by atoms with Crippen molar-refractivity contribution in [1.29, 1.82) is 0 Å². The number of carboxylic acid groups (broad SMARTS) is 1. The molecule has 0 aliphatic carbocycles. The van der Waals surface area contributed by atoms with E-state index >= 15 is 0 Å². The number of nitrogens with two attached hydrogens (primary N) is 1. The van der Waals surface area contributed by atoms with Crippen molar-refractivity contribution < 1.29 is 9.90 Å². The predicted molar refractivity (Wildman–Crippen MR) is 76.7 cm³/mol. The Balaban J connectivity index is 2.78. The molecule has 0 unspecified atom stereocenters. The quantitative estimate of drug-likeness (QED) is 0.868. The number of fused-ring (bicyclic) bond motifs is 1. The molecule has 0 bridgehead atoms. The Morgan fingerprint density at radius 3 is 2.74 bits per heavy atom. The maximum Gasteiger partial charge on any atom is 0.338 e. The van der Waals surface area contributed by atoms with Crippen LogP contribution in [0.15, 0.2) is 18.3 Å². The van der Waals surface area contributed by atoms with E-state index in [-0.39, 0.29) is 0 Å². The fourth-order valence-electron chi connectivity index (χ4n) is 2.61. The summed E-state index contributed by atoms with van der Waals surface area (Å²) in [4.78, 5) is 11.5. The second-order valence-corrected chi connectivity index (χ2v) is 4.85. The van der Waals surface area contributed by atoms with Crippen molar-refractivity contribution in [1.82, 2.24) is 4.57 Å². The molecule has 0 atom stereocenters. The number of benzene rings is 1. The molecule has 0 aliphatic heterocycles. The smallest absolute Gasteiger partial charge is 0.338 e. The first-order chi connectivity index (χ1) is 9.10. The lowest BCUT2D eigenvalue weighted by molar-refractivity contribution is 0.0698. The van der Waals surface area contributed by atoms with Gasteiger partial charge in [-0.05, 0) is 37.4 Å². The third-order valence-corrected chi connectivity index (χ3v) is 3.42. The van der Waals surface area contributed by atoms with E-state index in [1.807, 2.05) is 25.3 Å². The second kappa shape index (κ2) is 5.45. The van der Waals surface area contributed by atoms with Gasteiger partial charge in [0.1, 0.15) is 0 Å². The summed E-state index contributed by atoms with van der Waals surface area (Å²) in [7, 11) is 0. The Labute approximate surface area is 112 Å². The molecule has 19 heavy (non-hydrogen) atoms. The summed E-state index contributed by atoms with van der Waals surface area (Å²) in [6.07, 6.45) is 3.79. The number of aromatic nitrogens is 1. The first-order valence-electron chi connectivity index (χ1n) is 6.64. The van der Waals surface area contributed by atoms with Gasteiger partial charge in [0.15, 0.2) is 0 Å². The lowest BCUT2D eigenvalue weighted by Crippen LogP contribution is -2.05. The fraction of sp³-hybridized carbons (Fsp3) is 0.400. The minimum absolute atomic E-state index is 0.411. The number of aromatic carboxylic acids is 1. The van der Waals surface area contributed by atoms with Crippen molar-refractivity contribution in [3.63, 3.8) is 0 Å². The third kappa shape index (κ3) is 2.36. The lowest BCUT2D eigenvalue weighted by atomic mass is 10.0. The van der Waals surface area contributed by atoms with Gasteiger partial charge in [-0.3, -0.25) is 0 Å². The average Bonchev–Trinajstić information content (AvgIpc) is 2.68. The first kappa shape index (κ1) is 13.6. The molecule has 2 aromatic rings. The van der Waals surface area contributed by atoms with E-state index in [4.69, 9.17) is 5.73 Å². The summed E-state index contributed by atoms with van der Waals surface area (Å²) >= 11 is 0. The van der Waals surface area contributed by atoms with Crippen molar-refractivity contribution in [2.45, 2.75) is 33.2 Å². The Bertz CT molecular complexity index is 614. The summed E-state index contributed by atoms with van der Waals surface area (Å²) in [6.45, 7) is 5.33. The molecule has 0 amide bonds. The number of carboxylic acids is 1. The van der Waals surface area contributed by atoms with Crippen molar-refractivity contribution in [2.75, 3.05) is 6.54 Å². The third-order valence-electron chi connectivity index (χ3n) is 3.42. The molecule has 1 heterocycles. The molecular weight excluding hydrogens is 240 g/mol. The van der Waals surface area contributed by atoms with Gasteiger partial charge in [0.2, 0.25) is 0 Å². The van der Waals surface area contributed by atoms with E-state index in [2.05, 4.69) is 11.5 Å². The zero-order valence-electron chi connectivity index (χ0n) is 11.4. The van der Waals surface area contributed by atoms with Gasteiger partial charge in [-0.2, -0.15) is 0 Å². The largest absolute Gasteiger partial charge is 0.478 e. The highest BCUT2D eigenvalue weighted by Gasteiger charge is 2.18. The minimum atomic E-state index is -0.863. The van der Waals surface area contributed by atoms with E-state index in [0.717, 1.165) is 41.4 Å². The molecule has 0 aliphatic rings. The highest BCUT2D eigenvalue weighted by atomic mass is 16.4. The highest BCUT2D eigenvalue weighted by Crippen LogP contribution is 2.28. The summed E-state index contributed by atoms with van der Waals surface area (Å²) in [5.74, 6) is -0.863. The van der Waals surface area contributed by atoms with Crippen molar-refractivity contribution >= 4 is 16.9 Å².